The molecule has 0 radical (unpaired) electrons. The summed E-state index contributed by atoms with van der Waals surface area (Å²) in [5.41, 5.74) is 5.13. The minimum Gasteiger partial charge on any atom is -0.489 e. The minimum absolute atomic E-state index is 0.0913. The highest BCUT2D eigenvalue weighted by Crippen LogP contribution is 2.40. The number of benzene rings is 4. The van der Waals surface area contributed by atoms with Crippen LogP contribution in [0.5, 0.6) is 11.5 Å². The van der Waals surface area contributed by atoms with Crippen LogP contribution >= 0.6 is 0 Å². The zero-order valence-corrected chi connectivity index (χ0v) is 23.3. The fourth-order valence-corrected chi connectivity index (χ4v) is 4.89. The lowest BCUT2D eigenvalue weighted by Gasteiger charge is -2.17. The Bertz CT molecular complexity index is 1760. The van der Waals surface area contributed by atoms with E-state index in [-0.39, 0.29) is 12.1 Å². The molecular weight excluding hydrogens is 543 g/mol. The lowest BCUT2D eigenvalue weighted by molar-refractivity contribution is -0.211. The Hall–Kier alpha value is -4.85. The molecule has 4 aromatic carbocycles. The fourth-order valence-electron chi connectivity index (χ4n) is 4.89. The monoisotopic (exact) mass is 571 g/mol. The Morgan fingerprint density at radius 3 is 2.38 bits per heavy atom. The minimum atomic E-state index is -4.54. The van der Waals surface area contributed by atoms with Crippen LogP contribution in [0.1, 0.15) is 40.3 Å². The summed E-state index contributed by atoms with van der Waals surface area (Å²) < 4.78 is 47.9. The number of pyridine rings is 1. The van der Waals surface area contributed by atoms with Gasteiger partial charge >= 0.3 is 12.1 Å². The second-order valence-electron chi connectivity index (χ2n) is 10.0. The first-order chi connectivity index (χ1) is 20.1. The van der Waals surface area contributed by atoms with Crippen molar-refractivity contribution in [2.45, 2.75) is 40.0 Å². The fraction of sp³-hybridized carbons (Fsp3) is 0.176. The quantitative estimate of drug-likeness (QED) is 0.138. The molecule has 1 aromatic heterocycles. The van der Waals surface area contributed by atoms with Crippen molar-refractivity contribution in [1.29, 1.82) is 0 Å². The average molecular weight is 572 g/mol. The van der Waals surface area contributed by atoms with Gasteiger partial charge in [-0.25, -0.2) is 4.79 Å². The van der Waals surface area contributed by atoms with Gasteiger partial charge in [-0.15, -0.1) is 0 Å². The van der Waals surface area contributed by atoms with Crippen molar-refractivity contribution in [3.05, 3.63) is 125 Å². The second kappa shape index (κ2) is 11.9. The van der Waals surface area contributed by atoms with Gasteiger partial charge in [0.1, 0.15) is 12.4 Å². The molecule has 5 nitrogen and oxygen atoms in total. The number of carbonyl (C=O) groups excluding carboxylic acids is 1. The lowest BCUT2D eigenvalue weighted by Crippen LogP contribution is -2.07. The Morgan fingerprint density at radius 1 is 0.857 bits per heavy atom. The zero-order valence-electron chi connectivity index (χ0n) is 23.3. The van der Waals surface area contributed by atoms with Crippen molar-refractivity contribution in [1.82, 2.24) is 4.98 Å². The third-order valence-electron chi connectivity index (χ3n) is 6.94. The molecule has 0 aliphatic carbocycles. The number of aryl methyl sites for hydroxylation is 2. The Balaban J connectivity index is 1.51. The molecule has 1 heterocycles. The van der Waals surface area contributed by atoms with Crippen LogP contribution < -0.4 is 9.62 Å². The van der Waals surface area contributed by atoms with Gasteiger partial charge in [-0.1, -0.05) is 54.6 Å². The van der Waals surface area contributed by atoms with E-state index in [0.29, 0.717) is 28.9 Å². The Kier molecular flexibility index (Phi) is 8.15. The zero-order chi connectivity index (χ0) is 29.9. The van der Waals surface area contributed by atoms with Gasteiger partial charge in [-0.05, 0) is 89.5 Å². The van der Waals surface area contributed by atoms with Gasteiger partial charge in [0.2, 0.25) is 0 Å². The Labute approximate surface area is 241 Å². The molecule has 0 N–H and O–H groups in total. The smallest absolute Gasteiger partial charge is 0.418 e. The molecule has 0 amide bonds. The van der Waals surface area contributed by atoms with E-state index < -0.39 is 17.7 Å². The first-order valence-electron chi connectivity index (χ1n) is 13.3. The number of carbonyl (C=O) groups is 1. The van der Waals surface area contributed by atoms with E-state index >= 15 is 0 Å². The largest absolute Gasteiger partial charge is 0.489 e. The molecule has 214 valence electrons. The number of ether oxygens (including phenoxy) is 1. The summed E-state index contributed by atoms with van der Waals surface area (Å²) >= 11 is 0. The van der Waals surface area contributed by atoms with Gasteiger partial charge in [0.25, 0.3) is 0 Å². The van der Waals surface area contributed by atoms with E-state index in [1.54, 1.807) is 30.5 Å². The summed E-state index contributed by atoms with van der Waals surface area (Å²) in [6.45, 7) is 5.32. The molecule has 0 bridgehead atoms. The van der Waals surface area contributed by atoms with Crippen molar-refractivity contribution in [2.24, 2.45) is 0 Å². The Morgan fingerprint density at radius 2 is 1.64 bits per heavy atom. The van der Waals surface area contributed by atoms with E-state index in [0.717, 1.165) is 39.4 Å². The molecule has 0 aliphatic heterocycles. The van der Waals surface area contributed by atoms with Crippen LogP contribution in [-0.2, 0) is 28.9 Å². The van der Waals surface area contributed by atoms with Crippen LogP contribution in [0.3, 0.4) is 0 Å². The predicted molar refractivity (Wildman–Crippen MR) is 154 cm³/mol. The topological polar surface area (TPSA) is 57.7 Å². The highest BCUT2D eigenvalue weighted by Gasteiger charge is 2.33. The van der Waals surface area contributed by atoms with E-state index in [9.17, 15) is 18.0 Å². The van der Waals surface area contributed by atoms with Gasteiger partial charge in [0.15, 0.2) is 5.75 Å². The van der Waals surface area contributed by atoms with Crippen molar-refractivity contribution in [3.63, 3.8) is 0 Å². The van der Waals surface area contributed by atoms with Crippen molar-refractivity contribution >= 4 is 16.9 Å². The van der Waals surface area contributed by atoms with Gasteiger partial charge in [0, 0.05) is 18.5 Å². The lowest BCUT2D eigenvalue weighted by atomic mass is 9.91. The molecule has 0 atom stereocenters. The van der Waals surface area contributed by atoms with Crippen LogP contribution in [0.2, 0.25) is 0 Å². The van der Waals surface area contributed by atoms with E-state index in [1.807, 2.05) is 62.4 Å². The SMILES string of the molecule is CC(=O)OOc1ccc(COc2cccc(-c3c(Cc4ccccc4C)cnc4c(C(F)(F)F)cccc34)c2)cc1C. The number of hydrogen-bond acceptors (Lipinski definition) is 5. The van der Waals surface area contributed by atoms with Gasteiger partial charge in [-0.2, -0.15) is 13.2 Å². The summed E-state index contributed by atoms with van der Waals surface area (Å²) in [5, 5.41) is 0.423. The summed E-state index contributed by atoms with van der Waals surface area (Å²) in [7, 11) is 0. The third-order valence-corrected chi connectivity index (χ3v) is 6.94. The molecule has 42 heavy (non-hydrogen) atoms. The molecule has 5 rings (SSSR count). The van der Waals surface area contributed by atoms with Crippen molar-refractivity contribution < 1.29 is 32.5 Å². The number of hydrogen-bond donors (Lipinski definition) is 0. The van der Waals surface area contributed by atoms with Crippen molar-refractivity contribution in [2.75, 3.05) is 0 Å². The summed E-state index contributed by atoms with van der Waals surface area (Å²) in [6.07, 6.45) is -2.48. The highest BCUT2D eigenvalue weighted by molar-refractivity contribution is 5.98. The van der Waals surface area contributed by atoms with Gasteiger partial charge in [0.05, 0.1) is 11.1 Å². The summed E-state index contributed by atoms with van der Waals surface area (Å²) in [6, 6.07) is 24.8. The summed E-state index contributed by atoms with van der Waals surface area (Å²) in [5.74, 6) is 0.421. The van der Waals surface area contributed by atoms with Crippen LogP contribution in [0.25, 0.3) is 22.0 Å². The molecule has 0 spiro atoms. The molecular formula is C34H28F3NO4. The molecule has 0 aliphatic rings. The molecule has 0 saturated carbocycles. The number of para-hydroxylation sites is 1. The van der Waals surface area contributed by atoms with Gasteiger partial charge < -0.3 is 4.74 Å². The average Bonchev–Trinajstić information content (AvgIpc) is 2.96. The van der Waals surface area contributed by atoms with E-state index in [4.69, 9.17) is 9.62 Å². The molecule has 5 aromatic rings. The maximum absolute atomic E-state index is 13.9. The van der Waals surface area contributed by atoms with Crippen LogP contribution in [0.15, 0.2) is 91.1 Å². The number of nitrogens with zero attached hydrogens (tertiary/aromatic N) is 1. The maximum Gasteiger partial charge on any atom is 0.418 e. The molecule has 8 heteroatoms. The molecule has 0 saturated heterocycles. The van der Waals surface area contributed by atoms with Gasteiger partial charge in [-0.3, -0.25) is 14.8 Å². The van der Waals surface area contributed by atoms with Crippen LogP contribution in [0, 0.1) is 13.8 Å². The first-order valence-corrected chi connectivity index (χ1v) is 13.3. The summed E-state index contributed by atoms with van der Waals surface area (Å²) in [4.78, 5) is 25.0. The second-order valence-corrected chi connectivity index (χ2v) is 10.0. The number of aromatic nitrogens is 1. The third kappa shape index (κ3) is 6.38. The number of rotatable bonds is 8. The molecule has 0 unspecified atom stereocenters. The van der Waals surface area contributed by atoms with Crippen molar-refractivity contribution in [3.8, 4) is 22.6 Å². The van der Waals surface area contributed by atoms with E-state index in [1.165, 1.54) is 13.0 Å². The maximum atomic E-state index is 13.9. The normalized spacial score (nSPS) is 11.4. The first kappa shape index (κ1) is 28.7. The standard InChI is InChI=1S/C34H28F3NO4/c1-21-8-4-5-9-25(21)17-27-19-38-33-29(12-7-13-30(33)34(35,36)37)32(27)26-10-6-11-28(18-26)40-20-24-14-15-31(22(2)16-24)42-41-23(3)39/h4-16,18-19H,17,20H2,1-3H3. The van der Waals surface area contributed by atoms with E-state index in [2.05, 4.69) is 9.87 Å². The van der Waals surface area contributed by atoms with Crippen LogP contribution in [0.4, 0.5) is 13.2 Å². The predicted octanol–water partition coefficient (Wildman–Crippen LogP) is 8.56. The highest BCUT2D eigenvalue weighted by atomic mass is 19.4. The number of fused-ring (bicyclic) bond motifs is 1. The number of alkyl halides is 3. The number of halogens is 3. The van der Waals surface area contributed by atoms with Crippen LogP contribution in [-0.4, -0.2) is 11.0 Å². The molecule has 0 fully saturated rings.